The van der Waals surface area contributed by atoms with Gasteiger partial charge in [-0.05, 0) is 47.5 Å². The van der Waals surface area contributed by atoms with E-state index in [1.807, 2.05) is 78.9 Å². The molecule has 0 unspecified atom stereocenters. The lowest BCUT2D eigenvalue weighted by Crippen LogP contribution is -2.47. The summed E-state index contributed by atoms with van der Waals surface area (Å²) in [5.41, 5.74) is 3.66. The summed E-state index contributed by atoms with van der Waals surface area (Å²) < 4.78 is 11.2. The molecule has 0 aliphatic carbocycles. The second-order valence-corrected chi connectivity index (χ2v) is 9.34. The summed E-state index contributed by atoms with van der Waals surface area (Å²) in [6, 6.07) is 27.9. The van der Waals surface area contributed by atoms with Gasteiger partial charge in [-0.3, -0.25) is 9.69 Å². The zero-order chi connectivity index (χ0) is 24.2. The molecule has 35 heavy (non-hydrogen) atoms. The third kappa shape index (κ3) is 4.84. The minimum Gasteiger partial charge on any atom is -0.497 e. The van der Waals surface area contributed by atoms with Crippen molar-refractivity contribution < 1.29 is 14.3 Å². The fraction of sp³-hybridized carbons (Fsp3) is 0.214. The van der Waals surface area contributed by atoms with Crippen LogP contribution in [0.1, 0.15) is 23.5 Å². The van der Waals surface area contributed by atoms with E-state index < -0.39 is 0 Å². The van der Waals surface area contributed by atoms with Crippen molar-refractivity contribution in [2.24, 2.45) is 0 Å². The number of carbonyl (C=O) groups excluding carboxylic acids is 1. The van der Waals surface area contributed by atoms with E-state index in [2.05, 4.69) is 11.0 Å². The zero-order valence-corrected chi connectivity index (χ0v) is 20.2. The van der Waals surface area contributed by atoms with Gasteiger partial charge in [0.15, 0.2) is 0 Å². The highest BCUT2D eigenvalue weighted by Crippen LogP contribution is 2.43. The van der Waals surface area contributed by atoms with Crippen molar-refractivity contribution in [3.63, 3.8) is 0 Å². The highest BCUT2D eigenvalue weighted by molar-refractivity contribution is 8.03. The number of hydrogen-bond donors (Lipinski definition) is 0. The van der Waals surface area contributed by atoms with Crippen molar-refractivity contribution in [2.75, 3.05) is 24.6 Å². The first-order valence-electron chi connectivity index (χ1n) is 11.4. The lowest BCUT2D eigenvalue weighted by atomic mass is 9.86. The molecule has 0 bridgehead atoms. The lowest BCUT2D eigenvalue weighted by molar-refractivity contribution is -0.129. The number of thioether (sulfide) groups is 1. The summed E-state index contributed by atoms with van der Waals surface area (Å²) in [7, 11) is 1.64. The molecular weight excluding hydrogens is 458 g/mol. The van der Waals surface area contributed by atoms with E-state index in [1.165, 1.54) is 11.8 Å². The molecule has 2 aliphatic rings. The standard InChI is InChI=1S/C28H25N3O3S/c1-33-23-12-10-22(11-13-23)30-18-31-27(32)15-25(26(16-29)28(31)35-19-30)21-8-5-9-24(14-21)34-17-20-6-3-2-4-7-20/h2-14,25H,15,17-19H2,1H3/t25-/m0/s1. The number of nitrogens with zero attached hydrogens (tertiary/aromatic N) is 3. The number of ether oxygens (including phenoxy) is 2. The monoisotopic (exact) mass is 483 g/mol. The zero-order valence-electron chi connectivity index (χ0n) is 19.4. The van der Waals surface area contributed by atoms with E-state index in [0.29, 0.717) is 24.7 Å². The highest BCUT2D eigenvalue weighted by atomic mass is 32.2. The fourth-order valence-corrected chi connectivity index (χ4v) is 5.53. The Morgan fingerprint density at radius 1 is 1.03 bits per heavy atom. The van der Waals surface area contributed by atoms with Crippen molar-refractivity contribution in [1.29, 1.82) is 5.26 Å². The molecule has 5 rings (SSSR count). The summed E-state index contributed by atoms with van der Waals surface area (Å²) in [5, 5.41) is 10.9. The molecule has 176 valence electrons. The Balaban J connectivity index is 1.36. The highest BCUT2D eigenvalue weighted by Gasteiger charge is 2.38. The number of carbonyl (C=O) groups is 1. The Hall–Kier alpha value is -3.89. The number of anilines is 1. The molecule has 1 saturated heterocycles. The smallest absolute Gasteiger partial charge is 0.229 e. The maximum Gasteiger partial charge on any atom is 0.229 e. The minimum atomic E-state index is -0.279. The maximum atomic E-state index is 13.2. The van der Waals surface area contributed by atoms with Gasteiger partial charge >= 0.3 is 0 Å². The van der Waals surface area contributed by atoms with Gasteiger partial charge in [0.1, 0.15) is 18.1 Å². The molecule has 0 spiro atoms. The molecular formula is C28H25N3O3S. The second-order valence-electron chi connectivity index (χ2n) is 8.41. The second kappa shape index (κ2) is 10.2. The Labute approximate surface area is 209 Å². The number of amides is 1. The fourth-order valence-electron chi connectivity index (χ4n) is 4.37. The lowest BCUT2D eigenvalue weighted by Gasteiger charge is -2.42. The average Bonchev–Trinajstić information content (AvgIpc) is 2.92. The summed E-state index contributed by atoms with van der Waals surface area (Å²) in [6.45, 7) is 0.885. The molecule has 2 heterocycles. The van der Waals surface area contributed by atoms with Crippen LogP contribution in [0.3, 0.4) is 0 Å². The molecule has 0 radical (unpaired) electrons. The maximum absolute atomic E-state index is 13.2. The van der Waals surface area contributed by atoms with Crippen LogP contribution in [-0.4, -0.2) is 30.5 Å². The molecule has 2 aliphatic heterocycles. The van der Waals surface area contributed by atoms with E-state index >= 15 is 0 Å². The predicted molar refractivity (Wildman–Crippen MR) is 137 cm³/mol. The Morgan fingerprint density at radius 2 is 1.83 bits per heavy atom. The van der Waals surface area contributed by atoms with Crippen LogP contribution in [0.15, 0.2) is 89.5 Å². The van der Waals surface area contributed by atoms with Gasteiger partial charge < -0.3 is 14.4 Å². The van der Waals surface area contributed by atoms with Crippen LogP contribution in [0.2, 0.25) is 0 Å². The summed E-state index contributed by atoms with van der Waals surface area (Å²) >= 11 is 1.53. The van der Waals surface area contributed by atoms with Crippen molar-refractivity contribution in [3.8, 4) is 17.6 Å². The van der Waals surface area contributed by atoms with Gasteiger partial charge in [0, 0.05) is 18.0 Å². The molecule has 0 aromatic heterocycles. The van der Waals surface area contributed by atoms with E-state index in [4.69, 9.17) is 9.47 Å². The number of nitriles is 1. The van der Waals surface area contributed by atoms with Crippen LogP contribution in [0, 0.1) is 11.3 Å². The summed E-state index contributed by atoms with van der Waals surface area (Å²) in [6.07, 6.45) is 0.256. The minimum absolute atomic E-state index is 0.0188. The van der Waals surface area contributed by atoms with Crippen molar-refractivity contribution >= 4 is 23.4 Å². The van der Waals surface area contributed by atoms with Crippen molar-refractivity contribution in [2.45, 2.75) is 18.9 Å². The van der Waals surface area contributed by atoms with Crippen LogP contribution in [0.25, 0.3) is 0 Å². The number of hydrogen-bond acceptors (Lipinski definition) is 6. The first-order chi connectivity index (χ1) is 17.2. The van der Waals surface area contributed by atoms with E-state index in [0.717, 1.165) is 33.3 Å². The number of benzene rings is 3. The third-order valence-electron chi connectivity index (χ3n) is 6.24. The third-order valence-corrected chi connectivity index (χ3v) is 7.39. The molecule has 3 aromatic rings. The summed E-state index contributed by atoms with van der Waals surface area (Å²) in [4.78, 5) is 17.1. The molecule has 6 nitrogen and oxygen atoms in total. The van der Waals surface area contributed by atoms with Crippen LogP contribution in [0.5, 0.6) is 11.5 Å². The quantitative estimate of drug-likeness (QED) is 0.462. The van der Waals surface area contributed by atoms with E-state index in [-0.39, 0.29) is 18.2 Å². The van der Waals surface area contributed by atoms with Crippen LogP contribution >= 0.6 is 11.8 Å². The first kappa shape index (κ1) is 22.9. The Bertz CT molecular complexity index is 1280. The topological polar surface area (TPSA) is 65.8 Å². The molecule has 3 aromatic carbocycles. The predicted octanol–water partition coefficient (Wildman–Crippen LogP) is 5.49. The number of allylic oxidation sites excluding steroid dienone is 1. The summed E-state index contributed by atoms with van der Waals surface area (Å²) in [5.74, 6) is 1.91. The largest absolute Gasteiger partial charge is 0.497 e. The van der Waals surface area contributed by atoms with Gasteiger partial charge in [0.05, 0.1) is 36.3 Å². The van der Waals surface area contributed by atoms with Gasteiger partial charge in [-0.25, -0.2) is 0 Å². The van der Waals surface area contributed by atoms with Gasteiger partial charge in [-0.2, -0.15) is 5.26 Å². The van der Waals surface area contributed by atoms with E-state index in [9.17, 15) is 10.1 Å². The van der Waals surface area contributed by atoms with Gasteiger partial charge in [0.25, 0.3) is 0 Å². The molecule has 1 atom stereocenters. The molecule has 1 fully saturated rings. The van der Waals surface area contributed by atoms with Crippen LogP contribution in [-0.2, 0) is 11.4 Å². The molecule has 0 saturated carbocycles. The van der Waals surface area contributed by atoms with E-state index in [1.54, 1.807) is 12.0 Å². The van der Waals surface area contributed by atoms with Crippen LogP contribution in [0.4, 0.5) is 5.69 Å². The normalized spacial score (nSPS) is 17.6. The van der Waals surface area contributed by atoms with Crippen molar-refractivity contribution in [1.82, 2.24) is 4.90 Å². The Kier molecular flexibility index (Phi) is 6.64. The van der Waals surface area contributed by atoms with Crippen LogP contribution < -0.4 is 14.4 Å². The van der Waals surface area contributed by atoms with Gasteiger partial charge in [-0.1, -0.05) is 54.2 Å². The molecule has 1 amide bonds. The average molecular weight is 484 g/mol. The Morgan fingerprint density at radius 3 is 2.57 bits per heavy atom. The first-order valence-corrected chi connectivity index (χ1v) is 12.4. The molecule has 0 N–H and O–H groups in total. The van der Waals surface area contributed by atoms with Gasteiger partial charge in [-0.15, -0.1) is 0 Å². The number of fused-ring (bicyclic) bond motifs is 1. The SMILES string of the molecule is COc1ccc(N2CSC3=C(C#N)[C@H](c4cccc(OCc5ccccc5)c4)CC(=O)N3C2)cc1. The number of rotatable bonds is 6. The van der Waals surface area contributed by atoms with Gasteiger partial charge in [0.2, 0.25) is 5.91 Å². The molecule has 7 heteroatoms. The number of methoxy groups -OCH3 is 1. The van der Waals surface area contributed by atoms with Crippen molar-refractivity contribution in [3.05, 3.63) is 101 Å².